The van der Waals surface area contributed by atoms with Gasteiger partial charge in [-0.05, 0) is 54.6 Å². The van der Waals surface area contributed by atoms with Crippen LogP contribution in [0.2, 0.25) is 0 Å². The van der Waals surface area contributed by atoms with Crippen molar-refractivity contribution in [2.24, 2.45) is 0 Å². The first kappa shape index (κ1) is 20.9. The minimum absolute atomic E-state index is 0.244. The molecule has 1 amide bonds. The number of para-hydroxylation sites is 1. The lowest BCUT2D eigenvalue weighted by atomic mass is 10.2. The van der Waals surface area contributed by atoms with E-state index in [4.69, 9.17) is 13.9 Å². The molecule has 3 aromatic carbocycles. The Morgan fingerprint density at radius 2 is 1.50 bits per heavy atom. The third-order valence-electron chi connectivity index (χ3n) is 4.73. The van der Waals surface area contributed by atoms with Gasteiger partial charge < -0.3 is 19.2 Å². The summed E-state index contributed by atoms with van der Waals surface area (Å²) in [4.78, 5) is 16.9. The van der Waals surface area contributed by atoms with Crippen molar-refractivity contribution in [2.45, 2.75) is 0 Å². The molecule has 8 nitrogen and oxygen atoms in total. The summed E-state index contributed by atoms with van der Waals surface area (Å²) in [5, 5.41) is 10.4. The second-order valence-electron chi connectivity index (χ2n) is 7.14. The molecule has 8 heteroatoms. The summed E-state index contributed by atoms with van der Waals surface area (Å²) in [5.41, 5.74) is 1.60. The Bertz CT molecular complexity index is 1390. The second kappa shape index (κ2) is 9.66. The number of rotatable bonds is 7. The zero-order chi connectivity index (χ0) is 23.2. The first-order chi connectivity index (χ1) is 16.7. The monoisotopic (exact) mass is 450 g/mol. The maximum Gasteiger partial charge on any atom is 0.266 e. The number of carbonyl (C=O) groups excluding carboxylic acids is 1. The SMILES string of the molecule is O=C(Nc1cccc(Oc2ccnc(-c3nnco3)c2)c1)c1ccc(Oc2ccccc2)cc1. The van der Waals surface area contributed by atoms with Crippen LogP contribution in [0.15, 0.2) is 108 Å². The lowest BCUT2D eigenvalue weighted by molar-refractivity contribution is 0.102. The van der Waals surface area contributed by atoms with Gasteiger partial charge in [0.1, 0.15) is 28.7 Å². The molecule has 2 heterocycles. The van der Waals surface area contributed by atoms with Gasteiger partial charge >= 0.3 is 0 Å². The van der Waals surface area contributed by atoms with Gasteiger partial charge in [-0.2, -0.15) is 0 Å². The Labute approximate surface area is 194 Å². The van der Waals surface area contributed by atoms with Gasteiger partial charge in [-0.3, -0.25) is 9.78 Å². The number of nitrogens with one attached hydrogen (secondary N) is 1. The average Bonchev–Trinajstić information content (AvgIpc) is 3.41. The second-order valence-corrected chi connectivity index (χ2v) is 7.14. The molecule has 0 fully saturated rings. The van der Waals surface area contributed by atoms with Crippen molar-refractivity contribution in [1.29, 1.82) is 0 Å². The summed E-state index contributed by atoms with van der Waals surface area (Å²) >= 11 is 0. The largest absolute Gasteiger partial charge is 0.457 e. The van der Waals surface area contributed by atoms with Crippen LogP contribution in [0.25, 0.3) is 11.6 Å². The quantitative estimate of drug-likeness (QED) is 0.326. The highest BCUT2D eigenvalue weighted by molar-refractivity contribution is 6.04. The zero-order valence-electron chi connectivity index (χ0n) is 17.8. The minimum Gasteiger partial charge on any atom is -0.457 e. The number of hydrogen-bond donors (Lipinski definition) is 1. The number of carbonyl (C=O) groups is 1. The fourth-order valence-electron chi connectivity index (χ4n) is 3.15. The average molecular weight is 450 g/mol. The van der Waals surface area contributed by atoms with E-state index in [0.717, 1.165) is 5.75 Å². The van der Waals surface area contributed by atoms with E-state index in [0.29, 0.717) is 40.1 Å². The predicted octanol–water partition coefficient (Wildman–Crippen LogP) is 5.97. The Morgan fingerprint density at radius 3 is 2.29 bits per heavy atom. The first-order valence-electron chi connectivity index (χ1n) is 10.4. The minimum atomic E-state index is -0.244. The van der Waals surface area contributed by atoms with Gasteiger partial charge in [0.15, 0.2) is 0 Å². The van der Waals surface area contributed by atoms with Gasteiger partial charge in [0, 0.05) is 29.6 Å². The third kappa shape index (κ3) is 5.08. The first-order valence-corrected chi connectivity index (χ1v) is 10.4. The molecule has 34 heavy (non-hydrogen) atoms. The molecule has 1 N–H and O–H groups in total. The van der Waals surface area contributed by atoms with E-state index in [1.54, 1.807) is 66.9 Å². The Balaban J connectivity index is 1.24. The number of benzene rings is 3. The molecule has 166 valence electrons. The van der Waals surface area contributed by atoms with Crippen molar-refractivity contribution >= 4 is 11.6 Å². The number of nitrogens with zero attached hydrogens (tertiary/aromatic N) is 3. The lowest BCUT2D eigenvalue weighted by Crippen LogP contribution is -2.11. The van der Waals surface area contributed by atoms with E-state index in [9.17, 15) is 4.79 Å². The topological polar surface area (TPSA) is 99.4 Å². The van der Waals surface area contributed by atoms with Gasteiger partial charge in [0.25, 0.3) is 11.8 Å². The van der Waals surface area contributed by atoms with E-state index < -0.39 is 0 Å². The highest BCUT2D eigenvalue weighted by Gasteiger charge is 2.10. The molecule has 0 saturated heterocycles. The molecule has 0 atom stereocenters. The maximum absolute atomic E-state index is 12.7. The molecular formula is C26H18N4O4. The van der Waals surface area contributed by atoms with Crippen LogP contribution in [0, 0.1) is 0 Å². The van der Waals surface area contributed by atoms with Gasteiger partial charge in [0.05, 0.1) is 0 Å². The van der Waals surface area contributed by atoms with Crippen LogP contribution >= 0.6 is 0 Å². The maximum atomic E-state index is 12.7. The van der Waals surface area contributed by atoms with Crippen molar-refractivity contribution in [3.63, 3.8) is 0 Å². The Morgan fingerprint density at radius 1 is 0.765 bits per heavy atom. The summed E-state index contributed by atoms with van der Waals surface area (Å²) in [5.74, 6) is 2.52. The normalized spacial score (nSPS) is 10.5. The van der Waals surface area contributed by atoms with Crippen LogP contribution in [0.1, 0.15) is 10.4 Å². The number of ether oxygens (including phenoxy) is 2. The fraction of sp³-hybridized carbons (Fsp3) is 0. The van der Waals surface area contributed by atoms with Crippen LogP contribution in [0.3, 0.4) is 0 Å². The van der Waals surface area contributed by atoms with Crippen molar-refractivity contribution in [2.75, 3.05) is 5.32 Å². The number of pyridine rings is 1. The lowest BCUT2D eigenvalue weighted by Gasteiger charge is -2.10. The summed E-state index contributed by atoms with van der Waals surface area (Å²) in [6.45, 7) is 0. The van der Waals surface area contributed by atoms with Crippen LogP contribution in [0.4, 0.5) is 5.69 Å². The van der Waals surface area contributed by atoms with Crippen molar-refractivity contribution in [3.8, 4) is 34.6 Å². The molecule has 5 rings (SSSR count). The van der Waals surface area contributed by atoms with Gasteiger partial charge in [0.2, 0.25) is 6.39 Å². The highest BCUT2D eigenvalue weighted by Crippen LogP contribution is 2.27. The van der Waals surface area contributed by atoms with Crippen molar-refractivity contribution < 1.29 is 18.7 Å². The molecule has 5 aromatic rings. The molecule has 0 unspecified atom stereocenters. The molecule has 0 aliphatic heterocycles. The fourth-order valence-corrected chi connectivity index (χ4v) is 3.15. The van der Waals surface area contributed by atoms with Crippen LogP contribution in [-0.4, -0.2) is 21.1 Å². The number of hydrogen-bond acceptors (Lipinski definition) is 7. The number of amides is 1. The molecule has 0 spiro atoms. The van der Waals surface area contributed by atoms with E-state index in [2.05, 4.69) is 20.5 Å². The van der Waals surface area contributed by atoms with E-state index in [1.165, 1.54) is 6.39 Å². The molecule has 2 aromatic heterocycles. The van der Waals surface area contributed by atoms with Gasteiger partial charge in [-0.25, -0.2) is 0 Å². The smallest absolute Gasteiger partial charge is 0.266 e. The van der Waals surface area contributed by atoms with E-state index in [-0.39, 0.29) is 5.91 Å². The molecular weight excluding hydrogens is 432 g/mol. The Kier molecular flexibility index (Phi) is 5.94. The standard InChI is InChI=1S/C26H18N4O4/c31-25(18-9-11-21(12-10-18)33-20-6-2-1-3-7-20)29-19-5-4-8-22(15-19)34-23-13-14-27-24(16-23)26-30-28-17-32-26/h1-17H,(H,29,31). The number of aromatic nitrogens is 3. The van der Waals surface area contributed by atoms with Crippen LogP contribution < -0.4 is 14.8 Å². The summed E-state index contributed by atoms with van der Waals surface area (Å²) < 4.78 is 16.9. The summed E-state index contributed by atoms with van der Waals surface area (Å²) in [7, 11) is 0. The number of anilines is 1. The van der Waals surface area contributed by atoms with Crippen LogP contribution in [-0.2, 0) is 0 Å². The molecule has 0 bridgehead atoms. The zero-order valence-corrected chi connectivity index (χ0v) is 17.8. The highest BCUT2D eigenvalue weighted by atomic mass is 16.5. The van der Waals surface area contributed by atoms with E-state index in [1.807, 2.05) is 30.3 Å². The van der Waals surface area contributed by atoms with Gasteiger partial charge in [-0.15, -0.1) is 10.2 Å². The Hall–Kier alpha value is -4.98. The van der Waals surface area contributed by atoms with Crippen molar-refractivity contribution in [1.82, 2.24) is 15.2 Å². The molecule has 0 saturated carbocycles. The van der Waals surface area contributed by atoms with E-state index >= 15 is 0 Å². The third-order valence-corrected chi connectivity index (χ3v) is 4.73. The molecule has 0 aliphatic carbocycles. The predicted molar refractivity (Wildman–Crippen MR) is 125 cm³/mol. The molecule has 0 aliphatic rings. The summed E-state index contributed by atoms with van der Waals surface area (Å²) in [6.07, 6.45) is 2.83. The molecule has 0 radical (unpaired) electrons. The summed E-state index contributed by atoms with van der Waals surface area (Å²) in [6, 6.07) is 26.9. The van der Waals surface area contributed by atoms with Crippen LogP contribution in [0.5, 0.6) is 23.0 Å². The van der Waals surface area contributed by atoms with Gasteiger partial charge in [-0.1, -0.05) is 24.3 Å². The van der Waals surface area contributed by atoms with Crippen molar-refractivity contribution in [3.05, 3.63) is 109 Å².